The minimum atomic E-state index is -4.73. The fourth-order valence-corrected chi connectivity index (χ4v) is 17.5. The number of carbonyl (C=O) groups is 4. The van der Waals surface area contributed by atoms with Gasteiger partial charge in [0.25, 0.3) is 22.6 Å². The Morgan fingerprint density at radius 3 is 1.01 bits per heavy atom. The summed E-state index contributed by atoms with van der Waals surface area (Å²) in [4.78, 5) is 120. The number of carboxylic acids is 1. The predicted octanol–water partition coefficient (Wildman–Crippen LogP) is 20.0. The summed E-state index contributed by atoms with van der Waals surface area (Å²) in [7, 11) is 2.53. The number of benzene rings is 6. The normalized spacial score (nSPS) is 11.4. The second-order valence-electron chi connectivity index (χ2n) is 28.6. The van der Waals surface area contributed by atoms with Crippen molar-refractivity contribution >= 4 is 199 Å². The van der Waals surface area contributed by atoms with Crippen molar-refractivity contribution in [3.63, 3.8) is 0 Å². The fourth-order valence-electron chi connectivity index (χ4n) is 13.5. The van der Waals surface area contributed by atoms with Crippen molar-refractivity contribution < 1.29 is 93.0 Å². The number of aryl methyl sites for hydroxylation is 3. The van der Waals surface area contributed by atoms with Crippen LogP contribution in [0.2, 0.25) is 40.2 Å². The van der Waals surface area contributed by atoms with Crippen molar-refractivity contribution in [3.05, 3.63) is 255 Å². The molecule has 132 heavy (non-hydrogen) atoms. The van der Waals surface area contributed by atoms with Gasteiger partial charge in [-0.25, -0.2) is 44.3 Å². The van der Waals surface area contributed by atoms with Gasteiger partial charge in [-0.3, -0.25) is 32.9 Å². The van der Waals surface area contributed by atoms with E-state index in [9.17, 15) is 94.0 Å². The third kappa shape index (κ3) is 21.6. The second-order valence-corrected chi connectivity index (χ2v) is 41.9. The summed E-state index contributed by atoms with van der Waals surface area (Å²) in [5.74, 6) is -1.86. The van der Waals surface area contributed by atoms with Crippen molar-refractivity contribution in [2.45, 2.75) is 73.8 Å². The number of primary amides is 1. The Morgan fingerprint density at radius 2 is 0.735 bits per heavy atom. The standard InChI is InChI=1S/2C28H17Cl2F3N4O4S.C28H17ClF3N5O5S.3CH3.H2O.Sn/c2*1-13-35-20-8-15(28(31,32)33)7-14(11-34)23(20)26(38)37(13)5-6-41-21-4-3-16(29)9-17(21)18-10-22(30)36-24-19(27(39)40-2)12-42-25(18)24;1-12-35-19-7-14(28(30,31)32)6-13(10-33)22(19)26(39)37(12)4-5-42-21-3-2-15(29)8-16(21)17-9-20(25(34)38)36-23-18(27(40)41)11-43-24(17)23;;;;;/h2*3-4,7-10,12H,5-6H2,1-2H3;2-3,6-9,11H,4-5H2,1H3,(H2,34,38)(H,40,41);3*1H3;1H2;. The van der Waals surface area contributed by atoms with Gasteiger partial charge in [0, 0.05) is 64.6 Å². The Bertz CT molecular complexity index is 7250. The van der Waals surface area contributed by atoms with Crippen LogP contribution in [0.25, 0.3) is 96.7 Å². The molecule has 0 aliphatic carbocycles. The van der Waals surface area contributed by atoms with Gasteiger partial charge in [0.15, 0.2) is 0 Å². The molecule has 0 atom stereocenters. The molecule has 9 heterocycles. The molecule has 5 N–H and O–H groups in total. The Balaban J connectivity index is 0.000000186. The summed E-state index contributed by atoms with van der Waals surface area (Å²) >= 11 is 34.6. The van der Waals surface area contributed by atoms with Crippen LogP contribution in [0.1, 0.15) is 92.4 Å². The number of nitriles is 3. The van der Waals surface area contributed by atoms with Crippen molar-refractivity contribution in [1.29, 1.82) is 15.8 Å². The number of esters is 2. The summed E-state index contributed by atoms with van der Waals surface area (Å²) in [5, 5.41) is 43.3. The molecule has 679 valence electrons. The molecule has 27 nitrogen and oxygen atoms in total. The van der Waals surface area contributed by atoms with Crippen LogP contribution in [0.3, 0.4) is 0 Å². The SMILES string of the molecule is COC(=O)c1csc2c(-c3cc(Cl)ccc3OCCn3c(C)nc4cc(C(F)(F)F)cc(C#N)c4c3=O)cc(Cl)nc12.COC(=O)c1csc2c(-c3cc(Cl)ccc3OCCn3c(C)nc4cc(C(F)(F)F)cc(C#N)c4c3=O)cc(Cl)nc12.Cc1nc2cc(C(F)(F)F)cc(C#N)c2c(=O)n1CCOc1ccc(Cl)cc1-c1cc(C(N)=O)nc2c(C(=O)O)csc12.O.[CH3][Sn]([CH3])[CH3]. The number of carboxylic acid groups (broad SMARTS) is 1. The van der Waals surface area contributed by atoms with E-state index in [1.165, 1.54) is 88.9 Å². The molecule has 0 saturated carbocycles. The van der Waals surface area contributed by atoms with Crippen molar-refractivity contribution in [1.82, 2.24) is 43.6 Å². The molecule has 9 aromatic heterocycles. The van der Waals surface area contributed by atoms with E-state index >= 15 is 0 Å². The van der Waals surface area contributed by atoms with Gasteiger partial charge >= 0.3 is 71.0 Å². The van der Waals surface area contributed by atoms with E-state index in [0.717, 1.165) is 29.5 Å². The number of aromatic carboxylic acids is 1. The zero-order valence-corrected chi connectivity index (χ0v) is 78.3. The molecule has 15 aromatic rings. The molecule has 0 aliphatic rings. The maximum atomic E-state index is 13.3. The first-order valence-electron chi connectivity index (χ1n) is 37.8. The molecule has 1 amide bonds. The first kappa shape index (κ1) is 100.0. The van der Waals surface area contributed by atoms with Crippen molar-refractivity contribution in [2.75, 3.05) is 34.0 Å². The zero-order chi connectivity index (χ0) is 95.5. The van der Waals surface area contributed by atoms with Crippen LogP contribution in [0, 0.1) is 54.8 Å². The van der Waals surface area contributed by atoms with Gasteiger partial charge in [0.2, 0.25) is 0 Å². The van der Waals surface area contributed by atoms with Crippen LogP contribution >= 0.6 is 92.0 Å². The number of fused-ring (bicyclic) bond motifs is 6. The van der Waals surface area contributed by atoms with Gasteiger partial charge in [-0.15, -0.1) is 34.0 Å². The number of halogens is 14. The first-order valence-corrected chi connectivity index (χ1v) is 50.9. The number of thiophene rings is 3. The van der Waals surface area contributed by atoms with Gasteiger partial charge in [0.05, 0.1) is 147 Å². The minimum absolute atomic E-state index is 0. The molecular weight excluding hydrogens is 2010 g/mol. The van der Waals surface area contributed by atoms with E-state index in [0.29, 0.717) is 103 Å². The van der Waals surface area contributed by atoms with Crippen molar-refractivity contribution in [2.24, 2.45) is 5.73 Å². The van der Waals surface area contributed by atoms with Gasteiger partial charge in [0.1, 0.15) is 88.8 Å². The maximum absolute atomic E-state index is 13.3. The summed E-state index contributed by atoms with van der Waals surface area (Å²) in [6.45, 7) is 4.01. The molecule has 0 saturated heterocycles. The van der Waals surface area contributed by atoms with Crippen LogP contribution in [-0.2, 0) is 47.6 Å². The number of amides is 1. The zero-order valence-electron chi connectivity index (χ0n) is 69.2. The van der Waals surface area contributed by atoms with Crippen LogP contribution in [0.15, 0.2) is 140 Å². The van der Waals surface area contributed by atoms with Crippen LogP contribution in [0.5, 0.6) is 17.2 Å². The number of aromatic nitrogens is 9. The van der Waals surface area contributed by atoms with Crippen LogP contribution < -0.4 is 36.6 Å². The Kier molecular flexibility index (Phi) is 31.1. The number of nitrogens with zero attached hydrogens (tertiary/aromatic N) is 12. The average Bonchev–Trinajstić information content (AvgIpc) is 1.30. The molecule has 6 aromatic carbocycles. The number of hydrogen-bond donors (Lipinski definition) is 2. The summed E-state index contributed by atoms with van der Waals surface area (Å²) in [6, 6.07) is 28.2. The average molecular weight is 2080 g/mol. The molecule has 1 radical (unpaired) electrons. The number of methoxy groups -OCH3 is 2. The van der Waals surface area contributed by atoms with Crippen LogP contribution in [-0.4, -0.2) is 132 Å². The van der Waals surface area contributed by atoms with Gasteiger partial charge in [-0.05, 0) is 130 Å². The fraction of sp³-hybridized carbons (Fsp3) is 0.195. The van der Waals surface area contributed by atoms with Gasteiger partial charge in [-0.2, -0.15) is 55.3 Å². The number of alkyl halides is 9. The Hall–Kier alpha value is -12.6. The summed E-state index contributed by atoms with van der Waals surface area (Å²) < 4.78 is 153. The second kappa shape index (κ2) is 41.0. The quantitative estimate of drug-likeness (QED) is 0.0328. The monoisotopic (exact) mass is 2070 g/mol. The molecule has 15 rings (SSSR count). The number of hydrogen-bond acceptors (Lipinski definition) is 24. The summed E-state index contributed by atoms with van der Waals surface area (Å²) in [6.07, 6.45) is -14.1. The van der Waals surface area contributed by atoms with E-state index in [1.54, 1.807) is 89.6 Å². The molecule has 0 aliphatic heterocycles. The third-order valence-corrected chi connectivity index (χ3v) is 23.4. The Labute approximate surface area is 782 Å². The molecule has 0 fully saturated rings. The summed E-state index contributed by atoms with van der Waals surface area (Å²) in [5.41, 5.74) is 2.21. The van der Waals surface area contributed by atoms with Gasteiger partial charge in [-0.1, -0.05) is 58.0 Å². The van der Waals surface area contributed by atoms with E-state index in [-0.39, 0.29) is 139 Å². The topological polar surface area (TPSA) is 407 Å². The number of nitrogens with two attached hydrogens (primary N) is 1. The van der Waals surface area contributed by atoms with E-state index in [4.69, 9.17) is 87.4 Å². The number of carbonyl (C=O) groups excluding carboxylic acids is 3. The molecular formula is C87H62Cl5F9N13O14S3Sn. The first-order chi connectivity index (χ1) is 61.9. The number of rotatable bonds is 19. The third-order valence-electron chi connectivity index (χ3n) is 19.3. The van der Waals surface area contributed by atoms with Crippen molar-refractivity contribution in [3.8, 4) is 68.8 Å². The van der Waals surface area contributed by atoms with E-state index < -0.39 is 112 Å². The number of ether oxygens (including phenoxy) is 5. The Morgan fingerprint density at radius 1 is 0.447 bits per heavy atom. The molecule has 0 bridgehead atoms. The number of pyridine rings is 3. The molecule has 0 spiro atoms. The predicted molar refractivity (Wildman–Crippen MR) is 483 cm³/mol. The van der Waals surface area contributed by atoms with E-state index in [2.05, 4.69) is 44.7 Å². The molecule has 0 unspecified atom stereocenters. The van der Waals surface area contributed by atoms with E-state index in [1.807, 2.05) is 0 Å². The van der Waals surface area contributed by atoms with Gasteiger partial charge < -0.3 is 40.0 Å². The van der Waals surface area contributed by atoms with Crippen LogP contribution in [0.4, 0.5) is 39.5 Å². The molecule has 45 heteroatoms.